The number of hydrogen-bond acceptors (Lipinski definition) is 5. The summed E-state index contributed by atoms with van der Waals surface area (Å²) in [7, 11) is 0. The Kier molecular flexibility index (Phi) is 5.74. The van der Waals surface area contributed by atoms with Gasteiger partial charge in [-0.05, 0) is 61.9 Å². The van der Waals surface area contributed by atoms with Gasteiger partial charge in [-0.25, -0.2) is 9.37 Å². The zero-order valence-electron chi connectivity index (χ0n) is 14.9. The van der Waals surface area contributed by atoms with Crippen LogP contribution < -0.4 is 5.56 Å². The zero-order chi connectivity index (χ0) is 18.7. The summed E-state index contributed by atoms with van der Waals surface area (Å²) in [6, 6.07) is 6.39. The molecule has 7 heteroatoms. The average molecular weight is 372 g/mol. The third kappa shape index (κ3) is 3.97. The van der Waals surface area contributed by atoms with Gasteiger partial charge in [0.1, 0.15) is 17.4 Å². The van der Waals surface area contributed by atoms with Crippen LogP contribution >= 0.6 is 11.8 Å². The molecule has 1 aliphatic heterocycles. The first-order valence-electron chi connectivity index (χ1n) is 8.61. The van der Waals surface area contributed by atoms with Crippen molar-refractivity contribution in [1.29, 1.82) is 5.26 Å². The summed E-state index contributed by atoms with van der Waals surface area (Å²) >= 11 is 1.30. The van der Waals surface area contributed by atoms with Crippen LogP contribution in [0.25, 0.3) is 11.3 Å². The first kappa shape index (κ1) is 18.6. The van der Waals surface area contributed by atoms with E-state index in [1.807, 2.05) is 6.07 Å². The van der Waals surface area contributed by atoms with Crippen LogP contribution in [0, 0.1) is 23.1 Å². The van der Waals surface area contributed by atoms with E-state index in [9.17, 15) is 14.4 Å². The molecule has 1 fully saturated rings. The third-order valence-electron chi connectivity index (χ3n) is 4.80. The summed E-state index contributed by atoms with van der Waals surface area (Å²) in [4.78, 5) is 21.5. The minimum Gasteiger partial charge on any atom is -0.300 e. The molecule has 2 aromatic rings. The van der Waals surface area contributed by atoms with Gasteiger partial charge in [-0.2, -0.15) is 5.26 Å². The Labute approximate surface area is 156 Å². The van der Waals surface area contributed by atoms with E-state index in [0.717, 1.165) is 31.5 Å². The standard InChI is InChI=1S/C19H21FN4OS/c1-12-5-7-24(8-6-12)11-13-9-14(20)3-4-15(13)17-16(10-21)18(25)23-19(22-17)26-2/h3-4,9,12H,5-8,11H2,1-2H3,(H,22,23,25). The molecule has 1 N–H and O–H groups in total. The van der Waals surface area contributed by atoms with Crippen LogP contribution in [-0.4, -0.2) is 34.2 Å². The first-order chi connectivity index (χ1) is 12.5. The molecule has 5 nitrogen and oxygen atoms in total. The summed E-state index contributed by atoms with van der Waals surface area (Å²) < 4.78 is 13.9. The van der Waals surface area contributed by atoms with Gasteiger partial charge >= 0.3 is 0 Å². The number of nitrogens with zero attached hydrogens (tertiary/aromatic N) is 3. The molecular weight excluding hydrogens is 351 g/mol. The predicted molar refractivity (Wildman–Crippen MR) is 100 cm³/mol. The maximum atomic E-state index is 13.9. The molecule has 0 saturated carbocycles. The molecular formula is C19H21FN4OS. The number of halogens is 1. The first-order valence-corrected chi connectivity index (χ1v) is 9.84. The fraction of sp³-hybridized carbons (Fsp3) is 0.421. The second-order valence-corrected chi connectivity index (χ2v) is 7.47. The normalized spacial score (nSPS) is 15.8. The van der Waals surface area contributed by atoms with Gasteiger partial charge in [0.2, 0.25) is 0 Å². The van der Waals surface area contributed by atoms with Crippen LogP contribution in [0.5, 0.6) is 0 Å². The van der Waals surface area contributed by atoms with Crippen molar-refractivity contribution in [2.45, 2.75) is 31.5 Å². The summed E-state index contributed by atoms with van der Waals surface area (Å²) in [6.07, 6.45) is 4.04. The number of aromatic nitrogens is 2. The van der Waals surface area contributed by atoms with Gasteiger partial charge in [0.15, 0.2) is 5.16 Å². The van der Waals surface area contributed by atoms with Gasteiger partial charge in [0, 0.05) is 12.1 Å². The monoisotopic (exact) mass is 372 g/mol. The Hall–Kier alpha value is -2.17. The average Bonchev–Trinajstić information content (AvgIpc) is 2.63. The number of nitrogens with one attached hydrogen (secondary N) is 1. The van der Waals surface area contributed by atoms with E-state index in [1.54, 1.807) is 12.3 Å². The van der Waals surface area contributed by atoms with Crippen LogP contribution in [0.4, 0.5) is 4.39 Å². The number of piperidine rings is 1. The van der Waals surface area contributed by atoms with Crippen LogP contribution in [0.1, 0.15) is 30.9 Å². The molecule has 0 bridgehead atoms. The molecule has 136 valence electrons. The number of nitriles is 1. The van der Waals surface area contributed by atoms with Crippen molar-refractivity contribution in [2.75, 3.05) is 19.3 Å². The fourth-order valence-electron chi connectivity index (χ4n) is 3.23. The molecule has 2 heterocycles. The third-order valence-corrected chi connectivity index (χ3v) is 5.38. The highest BCUT2D eigenvalue weighted by Crippen LogP contribution is 2.28. The smallest absolute Gasteiger partial charge is 0.270 e. The van der Waals surface area contributed by atoms with E-state index in [2.05, 4.69) is 21.8 Å². The number of thioether (sulfide) groups is 1. The van der Waals surface area contributed by atoms with Crippen LogP contribution in [0.2, 0.25) is 0 Å². The van der Waals surface area contributed by atoms with Crippen LogP contribution in [0.15, 0.2) is 28.2 Å². The summed E-state index contributed by atoms with van der Waals surface area (Å²) in [6.45, 7) is 4.74. The summed E-state index contributed by atoms with van der Waals surface area (Å²) in [5.41, 5.74) is 1.21. The van der Waals surface area contributed by atoms with Crippen molar-refractivity contribution >= 4 is 11.8 Å². The number of hydrogen-bond donors (Lipinski definition) is 1. The van der Waals surface area contributed by atoms with E-state index < -0.39 is 5.56 Å². The molecule has 0 spiro atoms. The Morgan fingerprint density at radius 3 is 2.81 bits per heavy atom. The lowest BCUT2D eigenvalue weighted by Gasteiger charge is -2.30. The van der Waals surface area contributed by atoms with E-state index in [4.69, 9.17) is 0 Å². The highest BCUT2D eigenvalue weighted by atomic mass is 32.2. The minimum absolute atomic E-state index is 0.0390. The van der Waals surface area contributed by atoms with Gasteiger partial charge in [0.25, 0.3) is 5.56 Å². The van der Waals surface area contributed by atoms with Crippen molar-refractivity contribution in [3.63, 3.8) is 0 Å². The number of likely N-dealkylation sites (tertiary alicyclic amines) is 1. The molecule has 0 amide bonds. The molecule has 1 aromatic heterocycles. The zero-order valence-corrected chi connectivity index (χ0v) is 15.7. The number of rotatable bonds is 4. The largest absolute Gasteiger partial charge is 0.300 e. The van der Waals surface area contributed by atoms with Gasteiger partial charge in [-0.3, -0.25) is 9.69 Å². The molecule has 0 radical (unpaired) electrons. The van der Waals surface area contributed by atoms with E-state index >= 15 is 0 Å². The highest BCUT2D eigenvalue weighted by molar-refractivity contribution is 7.98. The van der Waals surface area contributed by atoms with Crippen molar-refractivity contribution in [3.8, 4) is 17.3 Å². The Morgan fingerprint density at radius 1 is 1.42 bits per heavy atom. The molecule has 0 aliphatic carbocycles. The van der Waals surface area contributed by atoms with E-state index in [1.165, 1.54) is 23.9 Å². The van der Waals surface area contributed by atoms with Gasteiger partial charge in [0.05, 0.1) is 5.69 Å². The second-order valence-electron chi connectivity index (χ2n) is 6.67. The minimum atomic E-state index is -0.469. The van der Waals surface area contributed by atoms with Crippen molar-refractivity contribution in [3.05, 3.63) is 45.5 Å². The van der Waals surface area contributed by atoms with Crippen molar-refractivity contribution < 1.29 is 4.39 Å². The number of benzene rings is 1. The second kappa shape index (κ2) is 8.02. The van der Waals surface area contributed by atoms with Gasteiger partial charge in [-0.15, -0.1) is 0 Å². The maximum Gasteiger partial charge on any atom is 0.270 e. The molecule has 0 atom stereocenters. The van der Waals surface area contributed by atoms with Gasteiger partial charge < -0.3 is 4.98 Å². The molecule has 1 aromatic carbocycles. The molecule has 3 rings (SSSR count). The Balaban J connectivity index is 2.05. The number of aromatic amines is 1. The molecule has 26 heavy (non-hydrogen) atoms. The lowest BCUT2D eigenvalue weighted by atomic mass is 9.97. The predicted octanol–water partition coefficient (Wildman–Crippen LogP) is 3.40. The van der Waals surface area contributed by atoms with Crippen LogP contribution in [-0.2, 0) is 6.54 Å². The summed E-state index contributed by atoms with van der Waals surface area (Å²) in [5.74, 6) is 0.379. The Morgan fingerprint density at radius 2 is 2.15 bits per heavy atom. The fourth-order valence-corrected chi connectivity index (χ4v) is 3.61. The Bertz CT molecular complexity index is 897. The lowest BCUT2D eigenvalue weighted by molar-refractivity contribution is 0.185. The van der Waals surface area contributed by atoms with Crippen molar-refractivity contribution in [1.82, 2.24) is 14.9 Å². The number of H-pyrrole nitrogens is 1. The molecule has 0 unspecified atom stereocenters. The lowest BCUT2D eigenvalue weighted by Crippen LogP contribution is -2.32. The molecule has 1 aliphatic rings. The van der Waals surface area contributed by atoms with Crippen LogP contribution in [0.3, 0.4) is 0 Å². The molecule has 1 saturated heterocycles. The maximum absolute atomic E-state index is 13.9. The van der Waals surface area contributed by atoms with Gasteiger partial charge in [-0.1, -0.05) is 18.7 Å². The SMILES string of the molecule is CSc1nc(-c2ccc(F)cc2CN2CCC(C)CC2)c(C#N)c(=O)[nH]1. The van der Waals surface area contributed by atoms with E-state index in [0.29, 0.717) is 28.9 Å². The highest BCUT2D eigenvalue weighted by Gasteiger charge is 2.20. The summed E-state index contributed by atoms with van der Waals surface area (Å²) in [5, 5.41) is 9.86. The van der Waals surface area contributed by atoms with E-state index in [-0.39, 0.29) is 11.4 Å². The van der Waals surface area contributed by atoms with Crippen molar-refractivity contribution in [2.24, 2.45) is 5.92 Å². The topological polar surface area (TPSA) is 72.8 Å². The quantitative estimate of drug-likeness (QED) is 0.658.